The summed E-state index contributed by atoms with van der Waals surface area (Å²) in [4.78, 5) is 0. The van der Waals surface area contributed by atoms with E-state index in [1.165, 1.54) is 11.1 Å². The Morgan fingerprint density at radius 2 is 1.73 bits per heavy atom. The third-order valence-corrected chi connectivity index (χ3v) is 8.16. The first-order valence-electron chi connectivity index (χ1n) is 9.76. The molecule has 1 heteroatoms. The molecular weight excluding hydrogens is 427 g/mol. The molecule has 0 nitrogen and oxygen atoms in total. The van der Waals surface area contributed by atoms with E-state index in [-0.39, 0.29) is 5.41 Å². The summed E-state index contributed by atoms with van der Waals surface area (Å²) in [6.45, 7) is 4.81. The molecule has 5 atom stereocenters. The second kappa shape index (κ2) is 6.09. The third kappa shape index (κ3) is 2.39. The maximum Gasteiger partial charge on any atom is 0.0358 e. The molecule has 132 valence electrons. The van der Waals surface area contributed by atoms with E-state index in [2.05, 4.69) is 109 Å². The minimum Gasteiger partial charge on any atom is -0.0799 e. The highest BCUT2D eigenvalue weighted by molar-refractivity contribution is 14.1. The number of rotatable bonds is 1. The third-order valence-electron chi connectivity index (χ3n) is 6.91. The van der Waals surface area contributed by atoms with Crippen molar-refractivity contribution in [3.8, 4) is 0 Å². The summed E-state index contributed by atoms with van der Waals surface area (Å²) in [6, 6.07) is 9.07. The van der Waals surface area contributed by atoms with Crippen molar-refractivity contribution in [1.82, 2.24) is 0 Å². The van der Waals surface area contributed by atoms with Gasteiger partial charge in [-0.05, 0) is 35.0 Å². The fourth-order valence-corrected chi connectivity index (χ4v) is 6.48. The van der Waals surface area contributed by atoms with Crippen LogP contribution < -0.4 is 0 Å². The monoisotopic (exact) mass is 452 g/mol. The fraction of sp³-hybridized carbons (Fsp3) is 0.360. The summed E-state index contributed by atoms with van der Waals surface area (Å²) in [6.07, 6.45) is 20.4. The lowest BCUT2D eigenvalue weighted by molar-refractivity contribution is 0.400. The van der Waals surface area contributed by atoms with Gasteiger partial charge in [0.05, 0.1) is 0 Å². The molecule has 0 spiro atoms. The standard InChI is InChI=1S/C25H25I/c1-25(2)22-10-6-5-8-19(22)20-12-11-16(15-23(20)25)17-13-14-24(26)21-9-4-3-7-18(17)21/h3-11,13-15,17-18,20-21,24H,12H2,1-2H3/t17-,18?,20+,21?,24?/m0/s1. The second-order valence-corrected chi connectivity index (χ2v) is 10.0. The molecule has 0 bridgehead atoms. The number of hydrogen-bond acceptors (Lipinski definition) is 0. The number of alkyl halides is 1. The van der Waals surface area contributed by atoms with Crippen molar-refractivity contribution in [3.63, 3.8) is 0 Å². The van der Waals surface area contributed by atoms with Crippen molar-refractivity contribution in [2.75, 3.05) is 0 Å². The molecule has 5 rings (SSSR count). The first-order chi connectivity index (χ1) is 12.6. The van der Waals surface area contributed by atoms with Gasteiger partial charge < -0.3 is 0 Å². The molecule has 4 aliphatic carbocycles. The Hall–Kier alpha value is -1.35. The molecule has 3 unspecified atom stereocenters. The Balaban J connectivity index is 1.54. The van der Waals surface area contributed by atoms with Gasteiger partial charge in [-0.3, -0.25) is 0 Å². The molecule has 0 radical (unpaired) electrons. The van der Waals surface area contributed by atoms with Crippen LogP contribution in [-0.4, -0.2) is 3.92 Å². The van der Waals surface area contributed by atoms with Crippen molar-refractivity contribution in [2.24, 2.45) is 17.8 Å². The second-order valence-electron chi connectivity index (χ2n) is 8.58. The lowest BCUT2D eigenvalue weighted by Crippen LogP contribution is -2.32. The largest absolute Gasteiger partial charge is 0.0799 e. The van der Waals surface area contributed by atoms with Gasteiger partial charge in [-0.2, -0.15) is 0 Å². The van der Waals surface area contributed by atoms with E-state index >= 15 is 0 Å². The molecule has 4 aliphatic rings. The van der Waals surface area contributed by atoms with Gasteiger partial charge >= 0.3 is 0 Å². The predicted molar refractivity (Wildman–Crippen MR) is 119 cm³/mol. The summed E-state index contributed by atoms with van der Waals surface area (Å²) in [5, 5.41) is 0. The van der Waals surface area contributed by atoms with Crippen LogP contribution in [0.4, 0.5) is 0 Å². The number of fused-ring (bicyclic) bond motifs is 4. The van der Waals surface area contributed by atoms with Crippen molar-refractivity contribution in [3.05, 3.63) is 95.1 Å². The highest BCUT2D eigenvalue weighted by atomic mass is 127. The van der Waals surface area contributed by atoms with Crippen LogP contribution >= 0.6 is 22.6 Å². The van der Waals surface area contributed by atoms with Crippen LogP contribution in [0.1, 0.15) is 37.3 Å². The number of benzene rings is 1. The molecule has 0 amide bonds. The molecule has 0 heterocycles. The van der Waals surface area contributed by atoms with Crippen molar-refractivity contribution in [2.45, 2.75) is 35.5 Å². The molecule has 1 aromatic rings. The zero-order chi connectivity index (χ0) is 17.9. The van der Waals surface area contributed by atoms with Gasteiger partial charge in [0.2, 0.25) is 0 Å². The van der Waals surface area contributed by atoms with Crippen molar-refractivity contribution in [1.29, 1.82) is 0 Å². The average Bonchev–Trinajstić information content (AvgIpc) is 2.90. The zero-order valence-corrected chi connectivity index (χ0v) is 17.6. The molecule has 0 saturated heterocycles. The lowest BCUT2D eigenvalue weighted by Gasteiger charge is -2.38. The van der Waals surface area contributed by atoms with E-state index < -0.39 is 0 Å². The van der Waals surface area contributed by atoms with Gasteiger partial charge in [0.15, 0.2) is 0 Å². The molecule has 0 aromatic heterocycles. The van der Waals surface area contributed by atoms with Gasteiger partial charge in [-0.25, -0.2) is 0 Å². The topological polar surface area (TPSA) is 0 Å². The van der Waals surface area contributed by atoms with Crippen LogP contribution in [0.15, 0.2) is 84.0 Å². The van der Waals surface area contributed by atoms with Gasteiger partial charge in [0.25, 0.3) is 0 Å². The number of halogens is 1. The van der Waals surface area contributed by atoms with Crippen LogP contribution in [0.3, 0.4) is 0 Å². The van der Waals surface area contributed by atoms with E-state index in [0.717, 1.165) is 6.42 Å². The highest BCUT2D eigenvalue weighted by Gasteiger charge is 2.43. The Kier molecular flexibility index (Phi) is 3.93. The predicted octanol–water partition coefficient (Wildman–Crippen LogP) is 6.67. The zero-order valence-electron chi connectivity index (χ0n) is 15.4. The van der Waals surface area contributed by atoms with Crippen molar-refractivity contribution < 1.29 is 0 Å². The van der Waals surface area contributed by atoms with E-state index in [1.54, 1.807) is 11.1 Å². The molecule has 0 saturated carbocycles. The molecule has 26 heavy (non-hydrogen) atoms. The van der Waals surface area contributed by atoms with Gasteiger partial charge in [0, 0.05) is 21.2 Å². The van der Waals surface area contributed by atoms with Gasteiger partial charge in [-0.15, -0.1) is 0 Å². The summed E-state index contributed by atoms with van der Waals surface area (Å²) in [7, 11) is 0. The van der Waals surface area contributed by atoms with Crippen molar-refractivity contribution >= 4 is 22.6 Å². The average molecular weight is 452 g/mol. The summed E-state index contributed by atoms with van der Waals surface area (Å²) in [5.74, 6) is 2.31. The Bertz CT molecular complexity index is 892. The van der Waals surface area contributed by atoms with E-state index in [9.17, 15) is 0 Å². The number of allylic oxidation sites excluding steroid dienone is 10. The van der Waals surface area contributed by atoms with E-state index in [1.807, 2.05) is 0 Å². The minimum absolute atomic E-state index is 0.145. The molecule has 0 N–H and O–H groups in total. The SMILES string of the molecule is CC1(C)C2=CC([C@@H]3C=CC(I)C4C=CC=CC43)=CC[C@@H]2c2ccccc21. The molecule has 0 fully saturated rings. The smallest absolute Gasteiger partial charge is 0.0358 e. The highest BCUT2D eigenvalue weighted by Crippen LogP contribution is 2.54. The lowest BCUT2D eigenvalue weighted by atomic mass is 9.68. The van der Waals surface area contributed by atoms with Crippen LogP contribution in [0.2, 0.25) is 0 Å². The Morgan fingerprint density at radius 3 is 2.58 bits per heavy atom. The summed E-state index contributed by atoms with van der Waals surface area (Å²) >= 11 is 2.60. The van der Waals surface area contributed by atoms with E-state index in [0.29, 0.717) is 27.6 Å². The van der Waals surface area contributed by atoms with Crippen LogP contribution in [0, 0.1) is 17.8 Å². The maximum absolute atomic E-state index is 2.60. The normalized spacial score (nSPS) is 36.0. The molecule has 1 aromatic carbocycles. The van der Waals surface area contributed by atoms with Gasteiger partial charge in [-0.1, -0.05) is 115 Å². The fourth-order valence-electron chi connectivity index (χ4n) is 5.52. The van der Waals surface area contributed by atoms with E-state index in [4.69, 9.17) is 0 Å². The van der Waals surface area contributed by atoms with Gasteiger partial charge in [0.1, 0.15) is 0 Å². The van der Waals surface area contributed by atoms with Crippen LogP contribution in [0.5, 0.6) is 0 Å². The number of hydrogen-bond donors (Lipinski definition) is 0. The Labute approximate surface area is 170 Å². The molecular formula is C25H25I. The first-order valence-corrected chi connectivity index (χ1v) is 11.0. The first kappa shape index (κ1) is 16.8. The maximum atomic E-state index is 2.60. The molecule has 0 aliphatic heterocycles. The van der Waals surface area contributed by atoms with Crippen LogP contribution in [-0.2, 0) is 5.41 Å². The Morgan fingerprint density at radius 1 is 0.962 bits per heavy atom. The van der Waals surface area contributed by atoms with Crippen LogP contribution in [0.25, 0.3) is 0 Å². The quantitative estimate of drug-likeness (QED) is 0.254. The summed E-state index contributed by atoms with van der Waals surface area (Å²) in [5.41, 5.74) is 6.37. The minimum atomic E-state index is 0.145. The summed E-state index contributed by atoms with van der Waals surface area (Å²) < 4.78 is 0.604.